The van der Waals surface area contributed by atoms with Gasteiger partial charge in [0.2, 0.25) is 0 Å². The monoisotopic (exact) mass is 218 g/mol. The van der Waals surface area contributed by atoms with E-state index in [0.717, 1.165) is 25.9 Å². The topological polar surface area (TPSA) is 55.7 Å². The highest BCUT2D eigenvalue weighted by Gasteiger charge is 2.14. The molecule has 0 fully saturated rings. The number of rotatable bonds is 10. The summed E-state index contributed by atoms with van der Waals surface area (Å²) in [5.41, 5.74) is 0. The summed E-state index contributed by atoms with van der Waals surface area (Å²) in [7, 11) is 1.96. The first-order valence-corrected chi connectivity index (χ1v) is 5.90. The summed E-state index contributed by atoms with van der Waals surface area (Å²) in [6.07, 6.45) is 4.44. The molecule has 0 aromatic heterocycles. The Morgan fingerprint density at radius 3 is 2.40 bits per heavy atom. The number of nitrogens with one attached hydrogen (secondary N) is 1. The van der Waals surface area contributed by atoms with Gasteiger partial charge < -0.3 is 15.5 Å². The molecule has 0 spiro atoms. The third kappa shape index (κ3) is 6.84. The Balaban J connectivity index is 3.60. The number of hydrogen-bond acceptors (Lipinski definition) is 4. The van der Waals surface area contributed by atoms with Crippen LogP contribution in [-0.4, -0.2) is 54.6 Å². The van der Waals surface area contributed by atoms with Crippen molar-refractivity contribution in [1.82, 2.24) is 10.2 Å². The van der Waals surface area contributed by atoms with Gasteiger partial charge in [0.15, 0.2) is 0 Å². The van der Waals surface area contributed by atoms with Crippen LogP contribution in [0, 0.1) is 0 Å². The van der Waals surface area contributed by atoms with Crippen molar-refractivity contribution in [2.75, 3.05) is 33.5 Å². The van der Waals surface area contributed by atoms with Gasteiger partial charge in [0, 0.05) is 6.04 Å². The van der Waals surface area contributed by atoms with Gasteiger partial charge in [-0.1, -0.05) is 19.8 Å². The molecule has 0 radical (unpaired) electrons. The average Bonchev–Trinajstić information content (AvgIpc) is 2.27. The first-order valence-electron chi connectivity index (χ1n) is 5.90. The first-order chi connectivity index (χ1) is 7.29. The standard InChI is InChI=1S/C11H26N2O2/c1-3-13(10-15)11(9-14)7-5-4-6-8-12-2/h11-12,14-15H,3-10H2,1-2H3. The molecule has 0 rings (SSSR count). The second-order valence-corrected chi connectivity index (χ2v) is 3.84. The zero-order valence-corrected chi connectivity index (χ0v) is 10.1. The SMILES string of the molecule is CCN(CO)C(CO)CCCCCNC. The molecule has 0 amide bonds. The van der Waals surface area contributed by atoms with Gasteiger partial charge in [0.05, 0.1) is 13.3 Å². The molecule has 0 saturated heterocycles. The van der Waals surface area contributed by atoms with E-state index in [1.807, 2.05) is 18.9 Å². The number of nitrogens with zero attached hydrogens (tertiary/aromatic N) is 1. The fourth-order valence-electron chi connectivity index (χ4n) is 1.72. The van der Waals surface area contributed by atoms with Crippen LogP contribution in [-0.2, 0) is 0 Å². The molecular weight excluding hydrogens is 192 g/mol. The first kappa shape index (κ1) is 14.8. The molecule has 0 saturated carbocycles. The number of hydrogen-bond donors (Lipinski definition) is 3. The van der Waals surface area contributed by atoms with E-state index in [4.69, 9.17) is 5.11 Å². The lowest BCUT2D eigenvalue weighted by atomic mass is 10.1. The minimum Gasteiger partial charge on any atom is -0.395 e. The van der Waals surface area contributed by atoms with E-state index in [-0.39, 0.29) is 19.4 Å². The van der Waals surface area contributed by atoms with Crippen molar-refractivity contribution in [2.24, 2.45) is 0 Å². The summed E-state index contributed by atoms with van der Waals surface area (Å²) in [5, 5.41) is 21.4. The van der Waals surface area contributed by atoms with Gasteiger partial charge in [-0.05, 0) is 33.0 Å². The van der Waals surface area contributed by atoms with Crippen molar-refractivity contribution in [1.29, 1.82) is 0 Å². The van der Waals surface area contributed by atoms with Crippen LogP contribution in [0.25, 0.3) is 0 Å². The van der Waals surface area contributed by atoms with Crippen LogP contribution in [0.15, 0.2) is 0 Å². The lowest BCUT2D eigenvalue weighted by Gasteiger charge is -2.27. The number of likely N-dealkylation sites (N-methyl/N-ethyl adjacent to an activating group) is 1. The van der Waals surface area contributed by atoms with E-state index in [0.29, 0.717) is 0 Å². The smallest absolute Gasteiger partial charge is 0.0959 e. The summed E-state index contributed by atoms with van der Waals surface area (Å²) in [5.74, 6) is 0. The Morgan fingerprint density at radius 1 is 1.20 bits per heavy atom. The van der Waals surface area contributed by atoms with Crippen molar-refractivity contribution in [3.05, 3.63) is 0 Å². The molecule has 4 heteroatoms. The summed E-state index contributed by atoms with van der Waals surface area (Å²) in [6.45, 7) is 4.03. The van der Waals surface area contributed by atoms with Crippen molar-refractivity contribution >= 4 is 0 Å². The van der Waals surface area contributed by atoms with Gasteiger partial charge >= 0.3 is 0 Å². The Labute approximate surface area is 93.3 Å². The summed E-state index contributed by atoms with van der Waals surface area (Å²) >= 11 is 0. The van der Waals surface area contributed by atoms with Crippen LogP contribution in [0.5, 0.6) is 0 Å². The lowest BCUT2D eigenvalue weighted by molar-refractivity contribution is 0.0396. The van der Waals surface area contributed by atoms with Crippen LogP contribution in [0.1, 0.15) is 32.6 Å². The van der Waals surface area contributed by atoms with Gasteiger partial charge in [0.25, 0.3) is 0 Å². The molecule has 0 heterocycles. The zero-order chi connectivity index (χ0) is 11.5. The highest BCUT2D eigenvalue weighted by Crippen LogP contribution is 2.08. The van der Waals surface area contributed by atoms with Crippen LogP contribution >= 0.6 is 0 Å². The predicted molar refractivity (Wildman–Crippen MR) is 62.7 cm³/mol. The Kier molecular flexibility index (Phi) is 10.3. The van der Waals surface area contributed by atoms with E-state index in [2.05, 4.69) is 5.32 Å². The quantitative estimate of drug-likeness (QED) is 0.367. The Bertz CT molecular complexity index is 130. The molecule has 0 aliphatic heterocycles. The Hall–Kier alpha value is -0.160. The molecule has 0 bridgehead atoms. The summed E-state index contributed by atoms with van der Waals surface area (Å²) in [6, 6.07) is 0.120. The van der Waals surface area contributed by atoms with E-state index in [1.165, 1.54) is 12.8 Å². The van der Waals surface area contributed by atoms with Gasteiger partial charge in [-0.2, -0.15) is 0 Å². The fraction of sp³-hybridized carbons (Fsp3) is 1.00. The van der Waals surface area contributed by atoms with E-state index in [1.54, 1.807) is 0 Å². The molecule has 92 valence electrons. The largest absolute Gasteiger partial charge is 0.395 e. The van der Waals surface area contributed by atoms with E-state index in [9.17, 15) is 5.11 Å². The molecule has 0 aliphatic carbocycles. The highest BCUT2D eigenvalue weighted by molar-refractivity contribution is 4.67. The van der Waals surface area contributed by atoms with E-state index >= 15 is 0 Å². The number of unbranched alkanes of at least 4 members (excludes halogenated alkanes) is 2. The van der Waals surface area contributed by atoms with Crippen LogP contribution in [0.3, 0.4) is 0 Å². The normalized spacial score (nSPS) is 13.4. The third-order valence-electron chi connectivity index (χ3n) is 2.78. The van der Waals surface area contributed by atoms with Crippen molar-refractivity contribution in [3.8, 4) is 0 Å². The molecule has 3 N–H and O–H groups in total. The second-order valence-electron chi connectivity index (χ2n) is 3.84. The van der Waals surface area contributed by atoms with Crippen LogP contribution < -0.4 is 5.32 Å². The van der Waals surface area contributed by atoms with Gasteiger partial charge in [0.1, 0.15) is 0 Å². The minimum absolute atomic E-state index is 0.0399. The maximum Gasteiger partial charge on any atom is 0.0959 e. The molecule has 4 nitrogen and oxygen atoms in total. The highest BCUT2D eigenvalue weighted by atomic mass is 16.3. The van der Waals surface area contributed by atoms with Gasteiger partial charge in [-0.25, -0.2) is 0 Å². The van der Waals surface area contributed by atoms with Gasteiger partial charge in [-0.15, -0.1) is 0 Å². The van der Waals surface area contributed by atoms with Crippen LogP contribution in [0.2, 0.25) is 0 Å². The Morgan fingerprint density at radius 2 is 1.93 bits per heavy atom. The maximum atomic E-state index is 9.20. The third-order valence-corrected chi connectivity index (χ3v) is 2.78. The summed E-state index contributed by atoms with van der Waals surface area (Å²) in [4.78, 5) is 1.90. The molecule has 1 unspecified atom stereocenters. The zero-order valence-electron chi connectivity index (χ0n) is 10.1. The molecule has 1 atom stereocenters. The molecule has 0 aromatic carbocycles. The lowest BCUT2D eigenvalue weighted by Crippen LogP contribution is -2.38. The molecule has 15 heavy (non-hydrogen) atoms. The van der Waals surface area contributed by atoms with Crippen molar-refractivity contribution < 1.29 is 10.2 Å². The molecule has 0 aliphatic rings. The average molecular weight is 218 g/mol. The van der Waals surface area contributed by atoms with Crippen molar-refractivity contribution in [2.45, 2.75) is 38.6 Å². The molecule has 0 aromatic rings. The minimum atomic E-state index is 0.0399. The van der Waals surface area contributed by atoms with Gasteiger partial charge in [-0.3, -0.25) is 4.90 Å². The number of aliphatic hydroxyl groups excluding tert-OH is 2. The van der Waals surface area contributed by atoms with Crippen LogP contribution in [0.4, 0.5) is 0 Å². The van der Waals surface area contributed by atoms with Crippen molar-refractivity contribution in [3.63, 3.8) is 0 Å². The molecular formula is C11H26N2O2. The predicted octanol–water partition coefficient (Wildman–Crippen LogP) is 0.399. The van der Waals surface area contributed by atoms with E-state index < -0.39 is 0 Å². The fourth-order valence-corrected chi connectivity index (χ4v) is 1.72. The second kappa shape index (κ2) is 10.4. The maximum absolute atomic E-state index is 9.20. The summed E-state index contributed by atoms with van der Waals surface area (Å²) < 4.78 is 0. The number of aliphatic hydroxyl groups is 2.